The lowest BCUT2D eigenvalue weighted by atomic mass is 9.98. The molecule has 0 aliphatic rings. The fraction of sp³-hybridized carbons (Fsp3) is 0.312. The number of benzene rings is 3. The molecule has 0 atom stereocenters. The zero-order valence-corrected chi connectivity index (χ0v) is 21.9. The number of hydrogen-bond donors (Lipinski definition) is 0. The number of rotatable bonds is 12. The number of hydrogen-bond acceptors (Lipinski definition) is 3. The van der Waals surface area contributed by atoms with Gasteiger partial charge in [0.1, 0.15) is 5.82 Å². The van der Waals surface area contributed by atoms with E-state index in [1.165, 1.54) is 37.7 Å². The molecule has 198 valence electrons. The molecule has 3 aromatic carbocycles. The van der Waals surface area contributed by atoms with Crippen LogP contribution in [0.1, 0.15) is 56.0 Å². The zero-order chi connectivity index (χ0) is 26.9. The van der Waals surface area contributed by atoms with Crippen LogP contribution in [0.4, 0.5) is 13.2 Å². The number of unbranched alkanes of at least 4 members (excludes halogenated alkanes) is 4. The van der Waals surface area contributed by atoms with E-state index in [2.05, 4.69) is 16.9 Å². The molecule has 0 amide bonds. The fourth-order valence-electron chi connectivity index (χ4n) is 4.37. The van der Waals surface area contributed by atoms with Gasteiger partial charge in [-0.2, -0.15) is 0 Å². The second-order valence-corrected chi connectivity index (χ2v) is 9.52. The summed E-state index contributed by atoms with van der Waals surface area (Å²) in [6.45, 7) is 4.42. The van der Waals surface area contributed by atoms with Crippen molar-refractivity contribution in [1.82, 2.24) is 9.97 Å². The average molecular weight is 519 g/mol. The molecule has 4 aromatic rings. The third-order valence-corrected chi connectivity index (χ3v) is 6.66. The van der Waals surface area contributed by atoms with Crippen LogP contribution in [-0.2, 0) is 12.8 Å². The van der Waals surface area contributed by atoms with Gasteiger partial charge in [0.05, 0.1) is 6.61 Å². The Morgan fingerprint density at radius 1 is 0.711 bits per heavy atom. The Balaban J connectivity index is 1.35. The van der Waals surface area contributed by atoms with Crippen molar-refractivity contribution in [1.29, 1.82) is 0 Å². The summed E-state index contributed by atoms with van der Waals surface area (Å²) in [5.41, 5.74) is 3.51. The Hall–Kier alpha value is -3.67. The Morgan fingerprint density at radius 2 is 1.42 bits per heavy atom. The lowest BCUT2D eigenvalue weighted by Gasteiger charge is -2.10. The van der Waals surface area contributed by atoms with Crippen LogP contribution in [0.5, 0.6) is 5.75 Å². The summed E-state index contributed by atoms with van der Waals surface area (Å²) < 4.78 is 49.7. The van der Waals surface area contributed by atoms with Crippen LogP contribution in [-0.4, -0.2) is 16.6 Å². The zero-order valence-electron chi connectivity index (χ0n) is 21.9. The van der Waals surface area contributed by atoms with E-state index in [9.17, 15) is 13.2 Å². The molecule has 0 fully saturated rings. The largest absolute Gasteiger partial charge is 0.491 e. The topological polar surface area (TPSA) is 35.0 Å². The first-order chi connectivity index (χ1) is 18.5. The van der Waals surface area contributed by atoms with Gasteiger partial charge in [-0.25, -0.2) is 23.1 Å². The summed E-state index contributed by atoms with van der Waals surface area (Å²) in [5, 5.41) is 0. The van der Waals surface area contributed by atoms with Gasteiger partial charge in [-0.3, -0.25) is 0 Å². The molecule has 6 heteroatoms. The highest BCUT2D eigenvalue weighted by atomic mass is 19.2. The smallest absolute Gasteiger partial charge is 0.167 e. The van der Waals surface area contributed by atoms with Gasteiger partial charge in [0.2, 0.25) is 0 Å². The number of aromatic nitrogens is 2. The maximum atomic E-state index is 14.8. The van der Waals surface area contributed by atoms with E-state index in [4.69, 9.17) is 4.74 Å². The predicted octanol–water partition coefficient (Wildman–Crippen LogP) is 8.67. The lowest BCUT2D eigenvalue weighted by Crippen LogP contribution is -2.00. The summed E-state index contributed by atoms with van der Waals surface area (Å²) in [6.07, 6.45) is 9.48. The highest BCUT2D eigenvalue weighted by molar-refractivity contribution is 5.65. The minimum absolute atomic E-state index is 0.145. The summed E-state index contributed by atoms with van der Waals surface area (Å²) in [4.78, 5) is 8.12. The van der Waals surface area contributed by atoms with Crippen molar-refractivity contribution in [2.24, 2.45) is 0 Å². The third kappa shape index (κ3) is 7.00. The van der Waals surface area contributed by atoms with Gasteiger partial charge in [-0.15, -0.1) is 0 Å². The molecule has 3 nitrogen and oxygen atoms in total. The minimum atomic E-state index is -0.892. The van der Waals surface area contributed by atoms with Crippen molar-refractivity contribution >= 4 is 0 Å². The van der Waals surface area contributed by atoms with Crippen LogP contribution in [0, 0.1) is 24.4 Å². The van der Waals surface area contributed by atoms with Gasteiger partial charge in [-0.1, -0.05) is 75.1 Å². The van der Waals surface area contributed by atoms with Gasteiger partial charge in [0, 0.05) is 23.5 Å². The number of halogens is 3. The van der Waals surface area contributed by atoms with Crippen LogP contribution in [0.3, 0.4) is 0 Å². The molecule has 0 spiro atoms. The van der Waals surface area contributed by atoms with E-state index in [-0.39, 0.29) is 17.1 Å². The Kier molecular flexibility index (Phi) is 9.52. The molecule has 38 heavy (non-hydrogen) atoms. The van der Waals surface area contributed by atoms with E-state index >= 15 is 0 Å². The number of nitrogens with zero attached hydrogens (tertiary/aromatic N) is 2. The Labute approximate surface area is 222 Å². The van der Waals surface area contributed by atoms with E-state index in [0.29, 0.717) is 36.4 Å². The molecule has 0 unspecified atom stereocenters. The quantitative estimate of drug-likeness (QED) is 0.176. The van der Waals surface area contributed by atoms with Crippen molar-refractivity contribution in [3.8, 4) is 28.0 Å². The van der Waals surface area contributed by atoms with Crippen molar-refractivity contribution in [2.75, 3.05) is 6.61 Å². The lowest BCUT2D eigenvalue weighted by molar-refractivity contribution is 0.290. The molecule has 0 saturated heterocycles. The SMILES string of the molecule is CCCCCCCOc1ccc(-c2ccc(CCc3ccc(-c4cnc(C)nc4)c(F)c3F)cc2)cc1F. The normalized spacial score (nSPS) is 11.1. The van der Waals surface area contributed by atoms with Crippen LogP contribution in [0.15, 0.2) is 67.0 Å². The molecule has 0 radical (unpaired) electrons. The van der Waals surface area contributed by atoms with Gasteiger partial charge in [0.15, 0.2) is 23.2 Å². The average Bonchev–Trinajstić information content (AvgIpc) is 2.93. The van der Waals surface area contributed by atoms with E-state index in [1.54, 1.807) is 25.1 Å². The molecular weight excluding hydrogens is 485 g/mol. The van der Waals surface area contributed by atoms with Gasteiger partial charge >= 0.3 is 0 Å². The summed E-state index contributed by atoms with van der Waals surface area (Å²) in [5.74, 6) is -1.28. The first-order valence-electron chi connectivity index (χ1n) is 13.2. The second kappa shape index (κ2) is 13.2. The number of aryl methyl sites for hydroxylation is 3. The molecule has 1 heterocycles. The molecule has 0 N–H and O–H groups in total. The maximum absolute atomic E-state index is 14.8. The predicted molar refractivity (Wildman–Crippen MR) is 146 cm³/mol. The van der Waals surface area contributed by atoms with Crippen molar-refractivity contribution in [3.05, 3.63) is 101 Å². The van der Waals surface area contributed by atoms with Crippen molar-refractivity contribution in [3.63, 3.8) is 0 Å². The minimum Gasteiger partial charge on any atom is -0.491 e. The molecule has 0 saturated carbocycles. The van der Waals surface area contributed by atoms with Crippen molar-refractivity contribution < 1.29 is 17.9 Å². The van der Waals surface area contributed by atoms with E-state index < -0.39 is 11.6 Å². The molecule has 4 rings (SSSR count). The maximum Gasteiger partial charge on any atom is 0.167 e. The monoisotopic (exact) mass is 518 g/mol. The van der Waals surface area contributed by atoms with Gasteiger partial charge in [-0.05, 0) is 60.6 Å². The van der Waals surface area contributed by atoms with Gasteiger partial charge < -0.3 is 4.74 Å². The molecular formula is C32H33F3N2O. The van der Waals surface area contributed by atoms with Crippen LogP contribution >= 0.6 is 0 Å². The standard InChI is InChI=1S/C32H33F3N2O/c1-3-4-5-6-7-18-38-30-17-15-26(19-29(30)33)24-11-8-23(9-12-24)10-13-25-14-16-28(32(35)31(25)34)27-20-36-22(2)37-21-27/h8-9,11-12,14-17,19-21H,3-7,10,13,18H2,1-2H3. The Bertz CT molecular complexity index is 1340. The summed E-state index contributed by atoms with van der Waals surface area (Å²) in [7, 11) is 0. The third-order valence-electron chi connectivity index (χ3n) is 6.66. The van der Waals surface area contributed by atoms with Crippen molar-refractivity contribution in [2.45, 2.75) is 58.8 Å². The molecule has 0 bridgehead atoms. The van der Waals surface area contributed by atoms with E-state index in [0.717, 1.165) is 29.5 Å². The van der Waals surface area contributed by atoms with Crippen LogP contribution in [0.2, 0.25) is 0 Å². The first-order valence-corrected chi connectivity index (χ1v) is 13.2. The van der Waals surface area contributed by atoms with E-state index in [1.807, 2.05) is 30.3 Å². The molecule has 1 aromatic heterocycles. The highest BCUT2D eigenvalue weighted by Crippen LogP contribution is 2.28. The molecule has 0 aliphatic heterocycles. The Morgan fingerprint density at radius 3 is 2.13 bits per heavy atom. The first kappa shape index (κ1) is 27.4. The summed E-state index contributed by atoms with van der Waals surface area (Å²) in [6, 6.07) is 15.9. The molecule has 0 aliphatic carbocycles. The number of ether oxygens (including phenoxy) is 1. The van der Waals surface area contributed by atoms with Gasteiger partial charge in [0.25, 0.3) is 0 Å². The van der Waals surface area contributed by atoms with Crippen LogP contribution in [0.25, 0.3) is 22.3 Å². The highest BCUT2D eigenvalue weighted by Gasteiger charge is 2.15. The second-order valence-electron chi connectivity index (χ2n) is 9.52. The summed E-state index contributed by atoms with van der Waals surface area (Å²) >= 11 is 0. The fourth-order valence-corrected chi connectivity index (χ4v) is 4.37. The van der Waals surface area contributed by atoms with Crippen LogP contribution < -0.4 is 4.74 Å².